The molecule has 1 amide bonds. The highest BCUT2D eigenvalue weighted by Crippen LogP contribution is 2.19. The van der Waals surface area contributed by atoms with Crippen LogP contribution in [0.3, 0.4) is 0 Å². The SMILES string of the molecule is Cc1ccccc1NS(=O)(=O)c1ccc(C(=O)NCCc2ccccn2)cc1. The van der Waals surface area contributed by atoms with Gasteiger partial charge >= 0.3 is 0 Å². The van der Waals surface area contributed by atoms with Crippen LogP contribution in [0.4, 0.5) is 5.69 Å². The number of sulfonamides is 1. The number of aromatic nitrogens is 1. The summed E-state index contributed by atoms with van der Waals surface area (Å²) in [5.41, 5.74) is 2.65. The number of rotatable bonds is 7. The Kier molecular flexibility index (Phi) is 6.06. The summed E-state index contributed by atoms with van der Waals surface area (Å²) in [6.45, 7) is 2.28. The predicted octanol–water partition coefficient (Wildman–Crippen LogP) is 3.16. The molecule has 3 rings (SSSR count). The molecule has 0 spiro atoms. The fraction of sp³-hybridized carbons (Fsp3) is 0.143. The van der Waals surface area contributed by atoms with E-state index < -0.39 is 10.0 Å². The summed E-state index contributed by atoms with van der Waals surface area (Å²) in [4.78, 5) is 16.5. The molecule has 0 saturated heterocycles. The van der Waals surface area contributed by atoms with Gasteiger partial charge in [-0.05, 0) is 55.0 Å². The lowest BCUT2D eigenvalue weighted by atomic mass is 10.2. The first kappa shape index (κ1) is 19.6. The Labute approximate surface area is 164 Å². The van der Waals surface area contributed by atoms with Crippen molar-refractivity contribution in [2.24, 2.45) is 0 Å². The van der Waals surface area contributed by atoms with Crippen LogP contribution >= 0.6 is 0 Å². The number of hydrogen-bond donors (Lipinski definition) is 2. The third-order valence-electron chi connectivity index (χ3n) is 4.21. The molecule has 0 saturated carbocycles. The Morgan fingerprint density at radius 1 is 0.964 bits per heavy atom. The van der Waals surface area contributed by atoms with E-state index in [0.29, 0.717) is 24.2 Å². The first-order valence-corrected chi connectivity index (χ1v) is 10.3. The van der Waals surface area contributed by atoms with Gasteiger partial charge < -0.3 is 5.32 Å². The molecule has 2 aromatic carbocycles. The molecule has 0 aliphatic carbocycles. The van der Waals surface area contributed by atoms with Gasteiger partial charge in [-0.15, -0.1) is 0 Å². The lowest BCUT2D eigenvalue weighted by molar-refractivity contribution is 0.0954. The van der Waals surface area contributed by atoms with Crippen LogP contribution < -0.4 is 10.0 Å². The molecule has 0 radical (unpaired) electrons. The number of carbonyl (C=O) groups is 1. The number of hydrogen-bond acceptors (Lipinski definition) is 4. The van der Waals surface area contributed by atoms with Gasteiger partial charge in [-0.1, -0.05) is 24.3 Å². The molecule has 1 heterocycles. The summed E-state index contributed by atoms with van der Waals surface area (Å²) < 4.78 is 27.7. The summed E-state index contributed by atoms with van der Waals surface area (Å²) >= 11 is 0. The second-order valence-electron chi connectivity index (χ2n) is 6.27. The monoisotopic (exact) mass is 395 g/mol. The van der Waals surface area contributed by atoms with Gasteiger partial charge in [0.2, 0.25) is 0 Å². The van der Waals surface area contributed by atoms with Crippen molar-refractivity contribution < 1.29 is 13.2 Å². The van der Waals surface area contributed by atoms with Crippen molar-refractivity contribution in [2.75, 3.05) is 11.3 Å². The van der Waals surface area contributed by atoms with Crippen molar-refractivity contribution in [2.45, 2.75) is 18.2 Å². The zero-order valence-electron chi connectivity index (χ0n) is 15.4. The number of para-hydroxylation sites is 1. The molecule has 0 atom stereocenters. The van der Waals surface area contributed by atoms with E-state index in [4.69, 9.17) is 0 Å². The summed E-state index contributed by atoms with van der Waals surface area (Å²) in [5, 5.41) is 2.81. The third-order valence-corrected chi connectivity index (χ3v) is 5.59. The fourth-order valence-corrected chi connectivity index (χ4v) is 3.76. The summed E-state index contributed by atoms with van der Waals surface area (Å²) in [7, 11) is -3.72. The molecule has 0 bridgehead atoms. The van der Waals surface area contributed by atoms with Gasteiger partial charge in [-0.3, -0.25) is 14.5 Å². The smallest absolute Gasteiger partial charge is 0.261 e. The molecule has 0 fully saturated rings. The maximum absolute atomic E-state index is 12.5. The Morgan fingerprint density at radius 2 is 1.68 bits per heavy atom. The van der Waals surface area contributed by atoms with E-state index in [1.54, 1.807) is 18.3 Å². The number of amides is 1. The minimum absolute atomic E-state index is 0.0980. The normalized spacial score (nSPS) is 11.0. The number of nitrogens with one attached hydrogen (secondary N) is 2. The Bertz CT molecular complexity index is 1050. The minimum Gasteiger partial charge on any atom is -0.352 e. The number of carbonyl (C=O) groups excluding carboxylic acids is 1. The zero-order chi connectivity index (χ0) is 20.0. The van der Waals surface area contributed by atoms with Crippen LogP contribution in [0.5, 0.6) is 0 Å². The van der Waals surface area contributed by atoms with Crippen LogP contribution in [0.2, 0.25) is 0 Å². The third kappa shape index (κ3) is 4.95. The molecule has 144 valence electrons. The van der Waals surface area contributed by atoms with E-state index in [-0.39, 0.29) is 10.8 Å². The van der Waals surface area contributed by atoms with Crippen LogP contribution in [-0.4, -0.2) is 25.9 Å². The van der Waals surface area contributed by atoms with Crippen molar-refractivity contribution >= 4 is 21.6 Å². The van der Waals surface area contributed by atoms with E-state index in [1.807, 2.05) is 37.3 Å². The standard InChI is InChI=1S/C21H21N3O3S/c1-16-6-2-3-8-20(16)24-28(26,27)19-11-9-17(10-12-19)21(25)23-15-13-18-7-4-5-14-22-18/h2-12,14,24H,13,15H2,1H3,(H,23,25). The topological polar surface area (TPSA) is 88.2 Å². The largest absolute Gasteiger partial charge is 0.352 e. The van der Waals surface area contributed by atoms with Gasteiger partial charge in [0.1, 0.15) is 0 Å². The van der Waals surface area contributed by atoms with E-state index in [2.05, 4.69) is 15.0 Å². The van der Waals surface area contributed by atoms with Crippen molar-refractivity contribution in [3.8, 4) is 0 Å². The number of nitrogens with zero attached hydrogens (tertiary/aromatic N) is 1. The highest BCUT2D eigenvalue weighted by molar-refractivity contribution is 7.92. The molecular weight excluding hydrogens is 374 g/mol. The van der Waals surface area contributed by atoms with Crippen molar-refractivity contribution in [1.29, 1.82) is 0 Å². The Morgan fingerprint density at radius 3 is 2.36 bits per heavy atom. The quantitative estimate of drug-likeness (QED) is 0.643. The van der Waals surface area contributed by atoms with Gasteiger partial charge in [0, 0.05) is 30.4 Å². The lowest BCUT2D eigenvalue weighted by Gasteiger charge is -2.11. The molecule has 6 nitrogen and oxygen atoms in total. The first-order chi connectivity index (χ1) is 13.5. The number of anilines is 1. The van der Waals surface area contributed by atoms with Crippen molar-refractivity contribution in [3.63, 3.8) is 0 Å². The molecular formula is C21H21N3O3S. The second-order valence-corrected chi connectivity index (χ2v) is 7.95. The van der Waals surface area contributed by atoms with Gasteiger partial charge in [0.15, 0.2) is 0 Å². The van der Waals surface area contributed by atoms with Crippen LogP contribution in [-0.2, 0) is 16.4 Å². The molecule has 3 aromatic rings. The van der Waals surface area contributed by atoms with Crippen LogP contribution in [0, 0.1) is 6.92 Å². The number of aryl methyl sites for hydroxylation is 1. The molecule has 2 N–H and O–H groups in total. The van der Waals surface area contributed by atoms with Crippen molar-refractivity contribution in [1.82, 2.24) is 10.3 Å². The first-order valence-electron chi connectivity index (χ1n) is 8.82. The number of pyridine rings is 1. The highest BCUT2D eigenvalue weighted by Gasteiger charge is 2.16. The van der Waals surface area contributed by atoms with Gasteiger partial charge in [0.25, 0.3) is 15.9 Å². The summed E-state index contributed by atoms with van der Waals surface area (Å²) in [6, 6.07) is 18.6. The molecule has 28 heavy (non-hydrogen) atoms. The molecule has 0 unspecified atom stereocenters. The van der Waals surface area contributed by atoms with E-state index >= 15 is 0 Å². The van der Waals surface area contributed by atoms with Gasteiger partial charge in [-0.25, -0.2) is 8.42 Å². The average molecular weight is 395 g/mol. The fourth-order valence-electron chi connectivity index (χ4n) is 2.63. The highest BCUT2D eigenvalue weighted by atomic mass is 32.2. The molecule has 1 aromatic heterocycles. The molecule has 0 aliphatic rings. The number of benzene rings is 2. The lowest BCUT2D eigenvalue weighted by Crippen LogP contribution is -2.26. The second kappa shape index (κ2) is 8.67. The molecule has 0 aliphatic heterocycles. The maximum atomic E-state index is 12.5. The Balaban J connectivity index is 1.62. The van der Waals surface area contributed by atoms with E-state index in [1.165, 1.54) is 24.3 Å². The van der Waals surface area contributed by atoms with Crippen LogP contribution in [0.15, 0.2) is 77.8 Å². The summed E-state index contributed by atoms with van der Waals surface area (Å²) in [5.74, 6) is -0.258. The van der Waals surface area contributed by atoms with Crippen molar-refractivity contribution in [3.05, 3.63) is 89.7 Å². The maximum Gasteiger partial charge on any atom is 0.261 e. The van der Waals surface area contributed by atoms with Gasteiger partial charge in [-0.2, -0.15) is 0 Å². The van der Waals surface area contributed by atoms with E-state index in [0.717, 1.165) is 11.3 Å². The van der Waals surface area contributed by atoms with Gasteiger partial charge in [0.05, 0.1) is 10.6 Å². The zero-order valence-corrected chi connectivity index (χ0v) is 16.2. The average Bonchev–Trinajstić information content (AvgIpc) is 2.70. The van der Waals surface area contributed by atoms with Crippen LogP contribution in [0.1, 0.15) is 21.6 Å². The minimum atomic E-state index is -3.72. The predicted molar refractivity (Wildman–Crippen MR) is 109 cm³/mol. The Hall–Kier alpha value is -3.19. The summed E-state index contributed by atoms with van der Waals surface area (Å²) in [6.07, 6.45) is 2.33. The molecule has 7 heteroatoms. The van der Waals surface area contributed by atoms with Crippen LogP contribution in [0.25, 0.3) is 0 Å². The van der Waals surface area contributed by atoms with E-state index in [9.17, 15) is 13.2 Å².